The van der Waals surface area contributed by atoms with Gasteiger partial charge in [-0.3, -0.25) is 4.90 Å². The molecule has 5 heteroatoms. The highest BCUT2D eigenvalue weighted by Crippen LogP contribution is 2.35. The van der Waals surface area contributed by atoms with Gasteiger partial charge < -0.3 is 15.3 Å². The summed E-state index contributed by atoms with van der Waals surface area (Å²) in [6.07, 6.45) is 8.00. The zero-order chi connectivity index (χ0) is 24.2. The first kappa shape index (κ1) is 25.5. The molecule has 3 aliphatic rings. The minimum absolute atomic E-state index is 0.199. The number of aliphatic hydroxyl groups excluding tert-OH is 1. The van der Waals surface area contributed by atoms with Crippen LogP contribution in [0.4, 0.5) is 5.69 Å². The highest BCUT2D eigenvalue weighted by Gasteiger charge is 2.31. The number of benzene rings is 1. The number of piperidine rings is 1. The summed E-state index contributed by atoms with van der Waals surface area (Å²) in [5, 5.41) is 23.6. The zero-order valence-corrected chi connectivity index (χ0v) is 21.9. The molecule has 4 rings (SSSR count). The van der Waals surface area contributed by atoms with Crippen molar-refractivity contribution in [3.05, 3.63) is 28.8 Å². The second kappa shape index (κ2) is 11.4. The maximum atomic E-state index is 9.91. The Morgan fingerprint density at radius 2 is 1.76 bits per heavy atom. The molecule has 1 aromatic carbocycles. The van der Waals surface area contributed by atoms with E-state index in [1.165, 1.54) is 43.4 Å². The third-order valence-corrected chi connectivity index (χ3v) is 8.97. The van der Waals surface area contributed by atoms with Gasteiger partial charge in [0.05, 0.1) is 17.4 Å². The van der Waals surface area contributed by atoms with Gasteiger partial charge in [0.25, 0.3) is 0 Å². The molecule has 2 atom stereocenters. The summed E-state index contributed by atoms with van der Waals surface area (Å²) in [4.78, 5) is 5.05. The number of nitrogens with zero attached hydrogens (tertiary/aromatic N) is 3. The van der Waals surface area contributed by atoms with Crippen LogP contribution in [0.15, 0.2) is 12.1 Å². The van der Waals surface area contributed by atoms with Gasteiger partial charge in [-0.1, -0.05) is 20.8 Å². The molecule has 2 heterocycles. The van der Waals surface area contributed by atoms with E-state index in [0.717, 1.165) is 74.6 Å². The largest absolute Gasteiger partial charge is 0.393 e. The SMILES string of the molecule is Cc1cc(N2CCC(O)CC2)c(C#N)cc1C(C)CC1CN(C2CCC(C(C)C)CC2)CCN1. The predicted molar refractivity (Wildman–Crippen MR) is 140 cm³/mol. The van der Waals surface area contributed by atoms with E-state index in [4.69, 9.17) is 0 Å². The van der Waals surface area contributed by atoms with E-state index in [9.17, 15) is 10.4 Å². The van der Waals surface area contributed by atoms with Gasteiger partial charge in [0.1, 0.15) is 6.07 Å². The van der Waals surface area contributed by atoms with Crippen LogP contribution in [0.2, 0.25) is 0 Å². The van der Waals surface area contributed by atoms with Crippen LogP contribution >= 0.6 is 0 Å². The van der Waals surface area contributed by atoms with Gasteiger partial charge in [-0.25, -0.2) is 0 Å². The number of aliphatic hydroxyl groups is 1. The van der Waals surface area contributed by atoms with Crippen LogP contribution in [0, 0.1) is 30.1 Å². The second-order valence-corrected chi connectivity index (χ2v) is 11.7. The van der Waals surface area contributed by atoms with Crippen molar-refractivity contribution >= 4 is 5.69 Å². The van der Waals surface area contributed by atoms with E-state index < -0.39 is 0 Å². The number of aryl methyl sites for hydroxylation is 1. The van der Waals surface area contributed by atoms with Crippen LogP contribution in [0.25, 0.3) is 0 Å². The lowest BCUT2D eigenvalue weighted by molar-refractivity contribution is 0.0904. The summed E-state index contributed by atoms with van der Waals surface area (Å²) in [6.45, 7) is 14.4. The fourth-order valence-electron chi connectivity index (χ4n) is 6.73. The third kappa shape index (κ3) is 5.96. The number of hydrogen-bond donors (Lipinski definition) is 2. The third-order valence-electron chi connectivity index (χ3n) is 8.97. The normalized spacial score (nSPS) is 28.1. The average molecular weight is 467 g/mol. The van der Waals surface area contributed by atoms with Crippen molar-refractivity contribution in [3.63, 3.8) is 0 Å². The number of piperazine rings is 1. The van der Waals surface area contributed by atoms with Crippen molar-refractivity contribution < 1.29 is 5.11 Å². The van der Waals surface area contributed by atoms with Crippen LogP contribution in [-0.2, 0) is 0 Å². The summed E-state index contributed by atoms with van der Waals surface area (Å²) in [5.74, 6) is 2.16. The molecule has 1 aromatic rings. The van der Waals surface area contributed by atoms with Gasteiger partial charge in [0, 0.05) is 44.8 Å². The number of nitrogens with one attached hydrogen (secondary N) is 1. The Kier molecular flexibility index (Phi) is 8.56. The van der Waals surface area contributed by atoms with Crippen molar-refractivity contribution in [1.29, 1.82) is 5.26 Å². The topological polar surface area (TPSA) is 62.5 Å². The van der Waals surface area contributed by atoms with Crippen LogP contribution in [0.1, 0.15) is 88.3 Å². The first-order valence-electron chi connectivity index (χ1n) is 13.8. The molecule has 2 aliphatic heterocycles. The van der Waals surface area contributed by atoms with Crippen molar-refractivity contribution in [2.24, 2.45) is 11.8 Å². The van der Waals surface area contributed by atoms with Crippen LogP contribution in [0.3, 0.4) is 0 Å². The lowest BCUT2D eigenvalue weighted by atomic mass is 9.79. The van der Waals surface area contributed by atoms with Crippen molar-refractivity contribution in [2.75, 3.05) is 37.6 Å². The summed E-state index contributed by atoms with van der Waals surface area (Å²) < 4.78 is 0. The van der Waals surface area contributed by atoms with Gasteiger partial charge in [0.2, 0.25) is 0 Å². The van der Waals surface area contributed by atoms with Gasteiger partial charge in [-0.05, 0) is 92.9 Å². The van der Waals surface area contributed by atoms with Gasteiger partial charge in [-0.2, -0.15) is 5.26 Å². The van der Waals surface area contributed by atoms with E-state index in [2.05, 4.69) is 61.0 Å². The summed E-state index contributed by atoms with van der Waals surface area (Å²) in [5.41, 5.74) is 4.42. The smallest absolute Gasteiger partial charge is 0.101 e. The fourth-order valence-corrected chi connectivity index (χ4v) is 6.73. The molecule has 2 unspecified atom stereocenters. The highest BCUT2D eigenvalue weighted by atomic mass is 16.3. The fraction of sp³-hybridized carbons (Fsp3) is 0.759. The van der Waals surface area contributed by atoms with E-state index >= 15 is 0 Å². The number of anilines is 1. The molecule has 188 valence electrons. The highest BCUT2D eigenvalue weighted by molar-refractivity contribution is 5.63. The summed E-state index contributed by atoms with van der Waals surface area (Å²) in [6, 6.07) is 8.11. The molecule has 2 saturated heterocycles. The van der Waals surface area contributed by atoms with E-state index in [0.29, 0.717) is 12.0 Å². The number of nitriles is 1. The molecule has 1 saturated carbocycles. The van der Waals surface area contributed by atoms with E-state index in [1.54, 1.807) is 0 Å². The quantitative estimate of drug-likeness (QED) is 0.630. The van der Waals surface area contributed by atoms with Gasteiger partial charge >= 0.3 is 0 Å². The minimum Gasteiger partial charge on any atom is -0.393 e. The Labute approximate surface area is 207 Å². The molecule has 0 radical (unpaired) electrons. The van der Waals surface area contributed by atoms with Crippen molar-refractivity contribution in [1.82, 2.24) is 10.2 Å². The van der Waals surface area contributed by atoms with Crippen LogP contribution in [0.5, 0.6) is 0 Å². The Hall–Kier alpha value is -1.61. The van der Waals surface area contributed by atoms with E-state index in [-0.39, 0.29) is 6.10 Å². The molecule has 0 amide bonds. The second-order valence-electron chi connectivity index (χ2n) is 11.7. The average Bonchev–Trinajstić information content (AvgIpc) is 2.84. The predicted octanol–water partition coefficient (Wildman–Crippen LogP) is 4.81. The first-order valence-corrected chi connectivity index (χ1v) is 13.8. The van der Waals surface area contributed by atoms with Gasteiger partial charge in [0.15, 0.2) is 0 Å². The molecule has 2 N–H and O–H groups in total. The molecular formula is C29H46N4O. The Morgan fingerprint density at radius 1 is 1.06 bits per heavy atom. The Morgan fingerprint density at radius 3 is 2.41 bits per heavy atom. The van der Waals surface area contributed by atoms with Crippen molar-refractivity contribution in [3.8, 4) is 6.07 Å². The monoisotopic (exact) mass is 466 g/mol. The maximum Gasteiger partial charge on any atom is 0.101 e. The Balaban J connectivity index is 1.38. The summed E-state index contributed by atoms with van der Waals surface area (Å²) >= 11 is 0. The molecule has 1 aliphatic carbocycles. The molecule has 5 nitrogen and oxygen atoms in total. The molecule has 0 bridgehead atoms. The molecule has 0 aromatic heterocycles. The van der Waals surface area contributed by atoms with Crippen LogP contribution < -0.4 is 10.2 Å². The van der Waals surface area contributed by atoms with Gasteiger partial charge in [-0.15, -0.1) is 0 Å². The standard InChI is InChI=1S/C29H46N4O/c1-20(2)23-5-7-26(8-6-23)33-14-11-31-25(19-33)15-21(3)28-17-24(18-30)29(16-22(28)4)32-12-9-27(34)10-13-32/h16-17,20-21,23,25-27,31,34H,5-15,19H2,1-4H3. The lowest BCUT2D eigenvalue weighted by Crippen LogP contribution is -2.54. The van der Waals surface area contributed by atoms with Crippen LogP contribution in [-0.4, -0.2) is 60.9 Å². The minimum atomic E-state index is -0.199. The molecule has 34 heavy (non-hydrogen) atoms. The zero-order valence-electron chi connectivity index (χ0n) is 21.9. The Bertz CT molecular complexity index is 846. The molecule has 0 spiro atoms. The number of hydrogen-bond acceptors (Lipinski definition) is 5. The summed E-state index contributed by atoms with van der Waals surface area (Å²) in [7, 11) is 0. The number of rotatable bonds is 6. The lowest BCUT2D eigenvalue weighted by Gasteiger charge is -2.43. The van der Waals surface area contributed by atoms with Crippen molar-refractivity contribution in [2.45, 2.75) is 96.7 Å². The molecular weight excluding hydrogens is 420 g/mol. The first-order chi connectivity index (χ1) is 16.4. The maximum absolute atomic E-state index is 9.91. The molecule has 3 fully saturated rings. The van der Waals surface area contributed by atoms with E-state index in [1.807, 2.05) is 0 Å².